The fourth-order valence-corrected chi connectivity index (χ4v) is 1.11. The number of benzene rings is 1. The first-order chi connectivity index (χ1) is 7.47. The van der Waals surface area contributed by atoms with Crippen LogP contribution in [0.1, 0.15) is 13.8 Å². The number of hydrogen-bond donors (Lipinski definition) is 1. The summed E-state index contributed by atoms with van der Waals surface area (Å²) in [5.74, 6) is 0.206. The van der Waals surface area contributed by atoms with Gasteiger partial charge in [-0.05, 0) is 26.0 Å². The second-order valence-electron chi connectivity index (χ2n) is 4.35. The minimum absolute atomic E-state index is 0.304. The number of nitrogens with two attached hydrogens (primary N) is 1. The third kappa shape index (κ3) is 5.68. The largest absolute Gasteiger partial charge is 0.491 e. The second-order valence-corrected chi connectivity index (χ2v) is 4.35. The van der Waals surface area contributed by atoms with Gasteiger partial charge in [-0.25, -0.2) is 4.39 Å². The fraction of sp³-hybridized carbons (Fsp3) is 0.500. The van der Waals surface area contributed by atoms with E-state index in [2.05, 4.69) is 0 Å². The zero-order valence-electron chi connectivity index (χ0n) is 9.70. The van der Waals surface area contributed by atoms with Crippen LogP contribution in [-0.4, -0.2) is 25.4 Å². The van der Waals surface area contributed by atoms with Crippen molar-refractivity contribution in [1.29, 1.82) is 0 Å². The number of halogens is 1. The molecule has 0 fully saturated rings. The van der Waals surface area contributed by atoms with Gasteiger partial charge in [-0.3, -0.25) is 0 Å². The summed E-state index contributed by atoms with van der Waals surface area (Å²) in [5.41, 5.74) is 5.40. The Labute approximate surface area is 95.4 Å². The molecule has 0 aliphatic heterocycles. The molecule has 3 nitrogen and oxygen atoms in total. The van der Waals surface area contributed by atoms with E-state index in [4.69, 9.17) is 15.2 Å². The standard InChI is InChI=1S/C12H18FNO2/c1-12(2,14)9-15-6-7-16-11-5-3-4-10(13)8-11/h3-5,8H,6-7,9,14H2,1-2H3. The van der Waals surface area contributed by atoms with Gasteiger partial charge >= 0.3 is 0 Å². The Morgan fingerprint density at radius 1 is 1.31 bits per heavy atom. The normalized spacial score (nSPS) is 11.5. The van der Waals surface area contributed by atoms with Crippen LogP contribution < -0.4 is 10.5 Å². The molecule has 0 aliphatic carbocycles. The van der Waals surface area contributed by atoms with Crippen LogP contribution in [0.4, 0.5) is 4.39 Å². The maximum atomic E-state index is 12.8. The highest BCUT2D eigenvalue weighted by molar-refractivity contribution is 5.22. The van der Waals surface area contributed by atoms with Gasteiger partial charge in [0.05, 0.1) is 13.2 Å². The van der Waals surface area contributed by atoms with E-state index >= 15 is 0 Å². The van der Waals surface area contributed by atoms with Crippen LogP contribution in [0.5, 0.6) is 5.75 Å². The topological polar surface area (TPSA) is 44.5 Å². The highest BCUT2D eigenvalue weighted by Crippen LogP contribution is 2.11. The summed E-state index contributed by atoms with van der Waals surface area (Å²) in [6, 6.07) is 6.03. The Balaban J connectivity index is 2.17. The molecule has 90 valence electrons. The molecular formula is C12H18FNO2. The molecule has 1 aromatic carbocycles. The predicted octanol–water partition coefficient (Wildman–Crippen LogP) is 1.96. The molecule has 0 bridgehead atoms. The lowest BCUT2D eigenvalue weighted by Gasteiger charge is -2.18. The van der Waals surface area contributed by atoms with E-state index in [1.54, 1.807) is 12.1 Å². The average molecular weight is 227 g/mol. The Hall–Kier alpha value is -1.13. The van der Waals surface area contributed by atoms with Crippen molar-refractivity contribution in [3.63, 3.8) is 0 Å². The van der Waals surface area contributed by atoms with Crippen LogP contribution in [0.3, 0.4) is 0 Å². The van der Waals surface area contributed by atoms with Crippen molar-refractivity contribution in [1.82, 2.24) is 0 Å². The van der Waals surface area contributed by atoms with Gasteiger partial charge < -0.3 is 15.2 Å². The highest BCUT2D eigenvalue weighted by atomic mass is 19.1. The lowest BCUT2D eigenvalue weighted by molar-refractivity contribution is 0.0723. The lowest BCUT2D eigenvalue weighted by atomic mass is 10.1. The molecule has 4 heteroatoms. The fourth-order valence-electron chi connectivity index (χ4n) is 1.11. The number of ether oxygens (including phenoxy) is 2. The van der Waals surface area contributed by atoms with E-state index in [0.717, 1.165) is 0 Å². The van der Waals surface area contributed by atoms with Crippen molar-refractivity contribution in [2.75, 3.05) is 19.8 Å². The lowest BCUT2D eigenvalue weighted by Crippen LogP contribution is -2.37. The van der Waals surface area contributed by atoms with E-state index < -0.39 is 0 Å². The van der Waals surface area contributed by atoms with Gasteiger partial charge in [0, 0.05) is 11.6 Å². The maximum Gasteiger partial charge on any atom is 0.126 e. The van der Waals surface area contributed by atoms with Crippen molar-refractivity contribution in [2.24, 2.45) is 5.73 Å². The van der Waals surface area contributed by atoms with Gasteiger partial charge in [-0.2, -0.15) is 0 Å². The van der Waals surface area contributed by atoms with Gasteiger partial charge in [0.15, 0.2) is 0 Å². The van der Waals surface area contributed by atoms with Crippen molar-refractivity contribution < 1.29 is 13.9 Å². The summed E-state index contributed by atoms with van der Waals surface area (Å²) in [5, 5.41) is 0. The zero-order valence-corrected chi connectivity index (χ0v) is 9.70. The molecule has 0 unspecified atom stereocenters. The Morgan fingerprint density at radius 3 is 2.69 bits per heavy atom. The summed E-state index contributed by atoms with van der Waals surface area (Å²) in [6.07, 6.45) is 0. The van der Waals surface area contributed by atoms with Crippen molar-refractivity contribution in [3.8, 4) is 5.75 Å². The molecule has 16 heavy (non-hydrogen) atoms. The van der Waals surface area contributed by atoms with Crippen LogP contribution in [0.2, 0.25) is 0 Å². The highest BCUT2D eigenvalue weighted by Gasteiger charge is 2.09. The van der Waals surface area contributed by atoms with Gasteiger partial charge in [-0.1, -0.05) is 6.07 Å². The molecule has 0 saturated carbocycles. The first-order valence-corrected chi connectivity index (χ1v) is 5.22. The van der Waals surface area contributed by atoms with Gasteiger partial charge in [0.2, 0.25) is 0 Å². The number of rotatable bonds is 6. The molecule has 1 aromatic rings. The van der Waals surface area contributed by atoms with Crippen molar-refractivity contribution in [2.45, 2.75) is 19.4 Å². The van der Waals surface area contributed by atoms with Crippen LogP contribution in [0.25, 0.3) is 0 Å². The van der Waals surface area contributed by atoms with E-state index in [1.807, 2.05) is 13.8 Å². The van der Waals surface area contributed by atoms with Crippen molar-refractivity contribution >= 4 is 0 Å². The molecule has 0 radical (unpaired) electrons. The average Bonchev–Trinajstić information content (AvgIpc) is 2.15. The SMILES string of the molecule is CC(C)(N)COCCOc1cccc(F)c1. The minimum atomic E-state index is -0.334. The summed E-state index contributed by atoms with van der Waals surface area (Å²) in [7, 11) is 0. The van der Waals surface area contributed by atoms with Crippen LogP contribution in [0, 0.1) is 5.82 Å². The Kier molecular flexibility index (Phi) is 4.71. The molecule has 0 aliphatic rings. The number of hydrogen-bond acceptors (Lipinski definition) is 3. The smallest absolute Gasteiger partial charge is 0.126 e. The van der Waals surface area contributed by atoms with E-state index in [1.165, 1.54) is 12.1 Å². The summed E-state index contributed by atoms with van der Waals surface area (Å²) >= 11 is 0. The molecule has 1 rings (SSSR count). The minimum Gasteiger partial charge on any atom is -0.491 e. The molecule has 0 heterocycles. The quantitative estimate of drug-likeness (QED) is 0.755. The maximum absolute atomic E-state index is 12.8. The summed E-state index contributed by atoms with van der Waals surface area (Å²) in [6.45, 7) is 5.08. The molecule has 0 saturated heterocycles. The second kappa shape index (κ2) is 5.82. The monoisotopic (exact) mass is 227 g/mol. The Morgan fingerprint density at radius 2 is 2.06 bits per heavy atom. The van der Waals surface area contributed by atoms with Gasteiger partial charge in [0.1, 0.15) is 18.2 Å². The van der Waals surface area contributed by atoms with Gasteiger partial charge in [-0.15, -0.1) is 0 Å². The molecule has 0 aromatic heterocycles. The van der Waals surface area contributed by atoms with E-state index in [-0.39, 0.29) is 11.4 Å². The summed E-state index contributed by atoms with van der Waals surface area (Å²) in [4.78, 5) is 0. The predicted molar refractivity (Wildman–Crippen MR) is 61.0 cm³/mol. The molecule has 0 atom stereocenters. The van der Waals surface area contributed by atoms with Crippen LogP contribution >= 0.6 is 0 Å². The third-order valence-electron chi connectivity index (χ3n) is 1.77. The van der Waals surface area contributed by atoms with E-state index in [9.17, 15) is 4.39 Å². The molecular weight excluding hydrogens is 209 g/mol. The molecule has 0 amide bonds. The molecule has 2 N–H and O–H groups in total. The zero-order chi connectivity index (χ0) is 12.0. The summed E-state index contributed by atoms with van der Waals surface area (Å²) < 4.78 is 23.4. The van der Waals surface area contributed by atoms with Crippen LogP contribution in [0.15, 0.2) is 24.3 Å². The Bertz CT molecular complexity index is 323. The van der Waals surface area contributed by atoms with Crippen molar-refractivity contribution in [3.05, 3.63) is 30.1 Å². The first kappa shape index (κ1) is 12.9. The van der Waals surface area contributed by atoms with Gasteiger partial charge in [0.25, 0.3) is 0 Å². The molecule has 0 spiro atoms. The van der Waals surface area contributed by atoms with Crippen LogP contribution in [-0.2, 0) is 4.74 Å². The third-order valence-corrected chi connectivity index (χ3v) is 1.77. The van der Waals surface area contributed by atoms with E-state index in [0.29, 0.717) is 25.6 Å². The first-order valence-electron chi connectivity index (χ1n) is 5.22.